The first-order chi connectivity index (χ1) is 11.3. The molecular formula is C16H19N7. The van der Waals surface area contributed by atoms with Crippen LogP contribution in [0.5, 0.6) is 0 Å². The Kier molecular flexibility index (Phi) is 3.53. The van der Waals surface area contributed by atoms with Crippen molar-refractivity contribution in [3.05, 3.63) is 36.9 Å². The van der Waals surface area contributed by atoms with E-state index in [4.69, 9.17) is 0 Å². The van der Waals surface area contributed by atoms with E-state index in [1.165, 1.54) is 6.42 Å². The van der Waals surface area contributed by atoms with Gasteiger partial charge in [-0.2, -0.15) is 5.10 Å². The summed E-state index contributed by atoms with van der Waals surface area (Å²) in [7, 11) is 2.09. The molecule has 3 aromatic heterocycles. The Hall–Kier alpha value is -2.70. The van der Waals surface area contributed by atoms with Gasteiger partial charge < -0.3 is 14.8 Å². The van der Waals surface area contributed by atoms with Gasteiger partial charge in [0.25, 0.3) is 0 Å². The lowest BCUT2D eigenvalue weighted by Crippen LogP contribution is -2.39. The van der Waals surface area contributed by atoms with Gasteiger partial charge in [-0.05, 0) is 31.0 Å². The Balaban J connectivity index is 1.56. The van der Waals surface area contributed by atoms with Crippen molar-refractivity contribution < 1.29 is 0 Å². The Morgan fingerprint density at radius 2 is 2.30 bits per heavy atom. The lowest BCUT2D eigenvalue weighted by atomic mass is 10.2. The van der Waals surface area contributed by atoms with Crippen molar-refractivity contribution in [3.8, 4) is 0 Å². The molecule has 1 saturated heterocycles. The zero-order valence-corrected chi connectivity index (χ0v) is 13.1. The number of aromatic amines is 1. The third-order valence-corrected chi connectivity index (χ3v) is 4.41. The second kappa shape index (κ2) is 5.83. The fourth-order valence-electron chi connectivity index (χ4n) is 3.34. The molecule has 1 atom stereocenters. The minimum Gasteiger partial charge on any atom is -0.357 e. The van der Waals surface area contributed by atoms with Gasteiger partial charge >= 0.3 is 0 Å². The van der Waals surface area contributed by atoms with Gasteiger partial charge in [0.05, 0.1) is 5.39 Å². The molecule has 3 aromatic rings. The number of hydrogen-bond donors (Lipinski definition) is 1. The summed E-state index contributed by atoms with van der Waals surface area (Å²) in [5.41, 5.74) is 0.874. The van der Waals surface area contributed by atoms with Crippen LogP contribution in [0.4, 0.5) is 11.6 Å². The number of anilines is 2. The largest absolute Gasteiger partial charge is 0.357 e. The smallest absolute Gasteiger partial charge is 0.151 e. The van der Waals surface area contributed by atoms with E-state index in [1.807, 2.05) is 24.4 Å². The lowest BCUT2D eigenvalue weighted by Gasteiger charge is -2.29. The molecule has 0 unspecified atom stereocenters. The summed E-state index contributed by atoms with van der Waals surface area (Å²) in [4.78, 5) is 16.4. The summed E-state index contributed by atoms with van der Waals surface area (Å²) in [6, 6.07) is 6.41. The molecule has 0 aliphatic carbocycles. The van der Waals surface area contributed by atoms with E-state index in [2.05, 4.69) is 42.0 Å². The van der Waals surface area contributed by atoms with Crippen LogP contribution in [0.1, 0.15) is 12.8 Å². The van der Waals surface area contributed by atoms with Crippen LogP contribution in [0.3, 0.4) is 0 Å². The summed E-state index contributed by atoms with van der Waals surface area (Å²) in [5.74, 6) is 1.92. The molecule has 0 bridgehead atoms. The molecule has 0 amide bonds. The number of H-pyrrole nitrogens is 1. The molecule has 118 valence electrons. The fourth-order valence-corrected chi connectivity index (χ4v) is 3.34. The van der Waals surface area contributed by atoms with Crippen LogP contribution < -0.4 is 9.80 Å². The van der Waals surface area contributed by atoms with Crippen molar-refractivity contribution >= 4 is 22.7 Å². The van der Waals surface area contributed by atoms with Crippen molar-refractivity contribution in [2.75, 3.05) is 29.9 Å². The van der Waals surface area contributed by atoms with Gasteiger partial charge in [0.15, 0.2) is 5.82 Å². The van der Waals surface area contributed by atoms with Crippen LogP contribution in [0.25, 0.3) is 11.0 Å². The van der Waals surface area contributed by atoms with Gasteiger partial charge in [0, 0.05) is 38.6 Å². The first-order valence-electron chi connectivity index (χ1n) is 7.86. The number of nitrogens with zero attached hydrogens (tertiary/aromatic N) is 6. The van der Waals surface area contributed by atoms with E-state index in [1.54, 1.807) is 12.5 Å². The highest BCUT2D eigenvalue weighted by molar-refractivity contribution is 5.87. The van der Waals surface area contributed by atoms with E-state index < -0.39 is 0 Å². The van der Waals surface area contributed by atoms with Gasteiger partial charge in [0.2, 0.25) is 0 Å². The number of likely N-dealkylation sites (N-methyl/N-ethyl adjacent to an activating group) is 1. The third-order valence-electron chi connectivity index (χ3n) is 4.41. The zero-order valence-electron chi connectivity index (χ0n) is 13.1. The fraction of sp³-hybridized carbons (Fsp3) is 0.375. The number of hydrogen-bond acceptors (Lipinski definition) is 6. The predicted octanol–water partition coefficient (Wildman–Crippen LogP) is 1.85. The molecule has 7 heteroatoms. The second-order valence-corrected chi connectivity index (χ2v) is 5.89. The molecular weight excluding hydrogens is 290 g/mol. The number of aromatic nitrogens is 5. The Labute approximate surface area is 134 Å². The molecule has 1 N–H and O–H groups in total. The Bertz CT molecular complexity index is 785. The normalized spacial score (nSPS) is 17.8. The van der Waals surface area contributed by atoms with E-state index >= 15 is 0 Å². The average Bonchev–Trinajstić information content (AvgIpc) is 3.24. The molecule has 4 rings (SSSR count). The minimum atomic E-state index is 0.417. The van der Waals surface area contributed by atoms with Crippen molar-refractivity contribution in [1.29, 1.82) is 0 Å². The summed E-state index contributed by atoms with van der Waals surface area (Å²) in [6.45, 7) is 1.93. The number of rotatable bonds is 4. The van der Waals surface area contributed by atoms with Gasteiger partial charge in [-0.3, -0.25) is 0 Å². The molecule has 0 radical (unpaired) electrons. The molecule has 0 spiro atoms. The molecule has 1 aliphatic heterocycles. The minimum absolute atomic E-state index is 0.417. The van der Waals surface area contributed by atoms with Gasteiger partial charge in [-0.1, -0.05) is 0 Å². The third kappa shape index (κ3) is 2.58. The van der Waals surface area contributed by atoms with Crippen molar-refractivity contribution in [2.24, 2.45) is 0 Å². The topological polar surface area (TPSA) is 73.8 Å². The van der Waals surface area contributed by atoms with Crippen LogP contribution in [0.2, 0.25) is 0 Å². The van der Waals surface area contributed by atoms with Gasteiger partial charge in [-0.25, -0.2) is 9.97 Å². The van der Waals surface area contributed by atoms with E-state index in [0.717, 1.165) is 42.2 Å². The van der Waals surface area contributed by atoms with Crippen molar-refractivity contribution in [3.63, 3.8) is 0 Å². The molecule has 1 aliphatic rings. The maximum absolute atomic E-state index is 4.47. The second-order valence-electron chi connectivity index (χ2n) is 5.89. The maximum atomic E-state index is 4.47. The summed E-state index contributed by atoms with van der Waals surface area (Å²) in [5, 5.41) is 9.32. The van der Waals surface area contributed by atoms with E-state index in [-0.39, 0.29) is 0 Å². The summed E-state index contributed by atoms with van der Waals surface area (Å²) in [6.07, 6.45) is 7.56. The number of nitrogens with one attached hydrogen (secondary N) is 1. The molecule has 4 heterocycles. The monoisotopic (exact) mass is 309 g/mol. The standard InChI is InChI=1S/C16H19N7/c1-22(16-13-6-8-17-15(13)18-11-19-16)10-12-4-3-9-23(12)14-5-2-7-20-21-14/h2,5-8,11-12H,3-4,9-10H2,1H3,(H,17,18,19)/t12-/m1/s1. The average molecular weight is 309 g/mol. The quantitative estimate of drug-likeness (QED) is 0.793. The number of fused-ring (bicyclic) bond motifs is 1. The van der Waals surface area contributed by atoms with Crippen LogP contribution in [-0.2, 0) is 0 Å². The SMILES string of the molecule is CN(C[C@H]1CCCN1c1cccnn1)c1ncnc2[nH]ccc12. The first-order valence-corrected chi connectivity index (χ1v) is 7.86. The van der Waals surface area contributed by atoms with E-state index in [9.17, 15) is 0 Å². The van der Waals surface area contributed by atoms with Gasteiger partial charge in [-0.15, -0.1) is 5.10 Å². The van der Waals surface area contributed by atoms with Gasteiger partial charge in [0.1, 0.15) is 17.8 Å². The summed E-state index contributed by atoms with van der Waals surface area (Å²) >= 11 is 0. The highest BCUT2D eigenvalue weighted by Gasteiger charge is 2.27. The summed E-state index contributed by atoms with van der Waals surface area (Å²) < 4.78 is 0. The van der Waals surface area contributed by atoms with Crippen LogP contribution >= 0.6 is 0 Å². The van der Waals surface area contributed by atoms with Crippen LogP contribution in [0, 0.1) is 0 Å². The van der Waals surface area contributed by atoms with Crippen molar-refractivity contribution in [2.45, 2.75) is 18.9 Å². The predicted molar refractivity (Wildman–Crippen MR) is 89.6 cm³/mol. The van der Waals surface area contributed by atoms with Crippen LogP contribution in [0.15, 0.2) is 36.9 Å². The Morgan fingerprint density at radius 1 is 1.35 bits per heavy atom. The molecule has 0 aromatic carbocycles. The van der Waals surface area contributed by atoms with Crippen LogP contribution in [-0.4, -0.2) is 51.3 Å². The van der Waals surface area contributed by atoms with Crippen molar-refractivity contribution in [1.82, 2.24) is 25.1 Å². The highest BCUT2D eigenvalue weighted by atomic mass is 15.3. The lowest BCUT2D eigenvalue weighted by molar-refractivity contribution is 0.644. The van der Waals surface area contributed by atoms with E-state index in [0.29, 0.717) is 6.04 Å². The highest BCUT2D eigenvalue weighted by Crippen LogP contribution is 2.26. The first kappa shape index (κ1) is 13.9. The molecule has 1 fully saturated rings. The Morgan fingerprint density at radius 3 is 3.17 bits per heavy atom. The zero-order chi connectivity index (χ0) is 15.6. The maximum Gasteiger partial charge on any atom is 0.151 e. The molecule has 7 nitrogen and oxygen atoms in total. The molecule has 0 saturated carbocycles. The molecule has 23 heavy (non-hydrogen) atoms.